The van der Waals surface area contributed by atoms with Crippen molar-refractivity contribution in [3.05, 3.63) is 53.6 Å². The van der Waals surface area contributed by atoms with Crippen LogP contribution in [0.5, 0.6) is 5.75 Å². The number of hydrogen-bond donors (Lipinski definition) is 0. The number of rotatable bonds is 6. The van der Waals surface area contributed by atoms with Gasteiger partial charge in [-0.1, -0.05) is 18.2 Å². The Kier molecular flexibility index (Phi) is 7.05. The number of thioether (sulfide) groups is 1. The Morgan fingerprint density at radius 2 is 1.87 bits per heavy atom. The van der Waals surface area contributed by atoms with Crippen molar-refractivity contribution >= 4 is 29.3 Å². The second kappa shape index (κ2) is 9.53. The highest BCUT2D eigenvalue weighted by Crippen LogP contribution is 2.47. The van der Waals surface area contributed by atoms with Crippen molar-refractivity contribution in [2.45, 2.75) is 30.1 Å². The molecule has 2 aromatic carbocycles. The van der Waals surface area contributed by atoms with Gasteiger partial charge in [0.1, 0.15) is 5.75 Å². The average molecular weight is 429 g/mol. The summed E-state index contributed by atoms with van der Waals surface area (Å²) in [4.78, 5) is 30.3. The topological polar surface area (TPSA) is 59.1 Å². The first-order valence-electron chi connectivity index (χ1n) is 9.84. The molecule has 7 heteroatoms. The van der Waals surface area contributed by atoms with Gasteiger partial charge in [-0.05, 0) is 56.4 Å². The van der Waals surface area contributed by atoms with Crippen LogP contribution in [0.25, 0.3) is 0 Å². The van der Waals surface area contributed by atoms with Crippen molar-refractivity contribution in [2.24, 2.45) is 0 Å². The third-order valence-corrected chi connectivity index (χ3v) is 6.31. The van der Waals surface area contributed by atoms with E-state index in [1.54, 1.807) is 23.8 Å². The summed E-state index contributed by atoms with van der Waals surface area (Å²) in [6.45, 7) is 4.58. The van der Waals surface area contributed by atoms with Crippen molar-refractivity contribution in [1.82, 2.24) is 4.90 Å². The summed E-state index contributed by atoms with van der Waals surface area (Å²) in [6, 6.07) is 13.6. The van der Waals surface area contributed by atoms with Gasteiger partial charge in [0.25, 0.3) is 5.91 Å². The summed E-state index contributed by atoms with van der Waals surface area (Å²) in [5.74, 6) is 0.0571. The van der Waals surface area contributed by atoms with Crippen molar-refractivity contribution in [1.29, 1.82) is 0 Å². The van der Waals surface area contributed by atoms with Crippen LogP contribution >= 0.6 is 11.8 Å². The molecule has 1 heterocycles. The molecule has 0 bridgehead atoms. The molecule has 6 nitrogen and oxygen atoms in total. The van der Waals surface area contributed by atoms with Gasteiger partial charge in [-0.25, -0.2) is 0 Å². The van der Waals surface area contributed by atoms with Crippen LogP contribution < -0.4 is 9.64 Å². The molecule has 3 rings (SSSR count). The highest BCUT2D eigenvalue weighted by atomic mass is 32.2. The molecule has 0 spiro atoms. The number of fused-ring (bicyclic) bond motifs is 1. The van der Waals surface area contributed by atoms with E-state index < -0.39 is 12.1 Å². The van der Waals surface area contributed by atoms with E-state index in [0.29, 0.717) is 13.1 Å². The minimum Gasteiger partial charge on any atom is -0.497 e. The number of nitrogens with zero attached hydrogens (tertiary/aromatic N) is 2. The fourth-order valence-electron chi connectivity index (χ4n) is 3.40. The summed E-state index contributed by atoms with van der Waals surface area (Å²) >= 11 is 1.56. The quantitative estimate of drug-likeness (QED) is 0.655. The predicted octanol–water partition coefficient (Wildman–Crippen LogP) is 3.68. The second-order valence-corrected chi connectivity index (χ2v) is 8.79. The van der Waals surface area contributed by atoms with Crippen LogP contribution in [0.3, 0.4) is 0 Å². The zero-order chi connectivity index (χ0) is 21.8. The van der Waals surface area contributed by atoms with Crippen LogP contribution in [0.4, 0.5) is 5.69 Å². The molecule has 1 amide bonds. The first-order valence-corrected chi connectivity index (χ1v) is 10.7. The van der Waals surface area contributed by atoms with Crippen LogP contribution in [0.15, 0.2) is 47.4 Å². The average Bonchev–Trinajstić information content (AvgIpc) is 2.81. The van der Waals surface area contributed by atoms with Gasteiger partial charge in [0.05, 0.1) is 18.0 Å². The van der Waals surface area contributed by atoms with E-state index in [4.69, 9.17) is 9.47 Å². The summed E-state index contributed by atoms with van der Waals surface area (Å²) in [7, 11) is 5.55. The van der Waals surface area contributed by atoms with Crippen molar-refractivity contribution < 1.29 is 19.1 Å². The Morgan fingerprint density at radius 1 is 1.17 bits per heavy atom. The molecule has 0 saturated carbocycles. The van der Waals surface area contributed by atoms with Crippen molar-refractivity contribution in [3.8, 4) is 5.75 Å². The van der Waals surface area contributed by atoms with E-state index in [9.17, 15) is 9.59 Å². The highest BCUT2D eigenvalue weighted by molar-refractivity contribution is 7.99. The Labute approximate surface area is 182 Å². The molecule has 2 atom stereocenters. The number of likely N-dealkylation sites (N-methyl/N-ethyl adjacent to an activating group) is 1. The molecule has 2 aromatic rings. The Hall–Kier alpha value is -2.51. The van der Waals surface area contributed by atoms with Gasteiger partial charge < -0.3 is 19.3 Å². The number of hydrogen-bond acceptors (Lipinski definition) is 6. The normalized spacial score (nSPS) is 18.7. The third kappa shape index (κ3) is 4.96. The van der Waals surface area contributed by atoms with Crippen LogP contribution in [0.2, 0.25) is 0 Å². The second-order valence-electron chi connectivity index (χ2n) is 7.61. The van der Waals surface area contributed by atoms with Gasteiger partial charge in [-0.3, -0.25) is 9.59 Å². The van der Waals surface area contributed by atoms with E-state index in [-0.39, 0.29) is 11.2 Å². The maximum absolute atomic E-state index is 13.6. The molecule has 1 aliphatic heterocycles. The maximum atomic E-state index is 13.6. The highest BCUT2D eigenvalue weighted by Gasteiger charge is 2.40. The van der Waals surface area contributed by atoms with E-state index in [2.05, 4.69) is 6.07 Å². The molecular weight excluding hydrogens is 400 g/mol. The molecule has 160 valence electrons. The van der Waals surface area contributed by atoms with Crippen LogP contribution in [0, 0.1) is 6.92 Å². The van der Waals surface area contributed by atoms with Gasteiger partial charge in [-0.2, -0.15) is 0 Å². The number of ether oxygens (including phenoxy) is 2. The van der Waals surface area contributed by atoms with E-state index >= 15 is 0 Å². The zero-order valence-electron chi connectivity index (χ0n) is 18.0. The molecule has 2 unspecified atom stereocenters. The fourth-order valence-corrected chi connectivity index (χ4v) is 4.81. The monoisotopic (exact) mass is 428 g/mol. The Morgan fingerprint density at radius 3 is 2.47 bits per heavy atom. The first-order chi connectivity index (χ1) is 14.3. The summed E-state index contributed by atoms with van der Waals surface area (Å²) in [5, 5.41) is -0.364. The van der Waals surface area contributed by atoms with E-state index in [1.807, 2.05) is 62.3 Å². The molecular formula is C23H28N2O4S. The van der Waals surface area contributed by atoms with Crippen LogP contribution in [-0.4, -0.2) is 57.2 Å². The minimum atomic E-state index is -0.921. The van der Waals surface area contributed by atoms with Gasteiger partial charge >= 0.3 is 5.97 Å². The summed E-state index contributed by atoms with van der Waals surface area (Å²) < 4.78 is 10.9. The minimum absolute atomic E-state index is 0.206. The molecule has 1 aliphatic rings. The third-order valence-electron chi connectivity index (χ3n) is 4.95. The number of esters is 1. The number of anilines is 1. The SMILES string of the molecule is COc1ccc(C2Sc3cc(C)ccc3N(CCN(C)C)C(=O)C2OC(C)=O)cc1. The molecule has 0 aromatic heterocycles. The predicted molar refractivity (Wildman–Crippen MR) is 119 cm³/mol. The lowest BCUT2D eigenvalue weighted by molar-refractivity contribution is -0.152. The standard InChI is InChI=1S/C23H28N2O4S/c1-15-6-11-19-20(14-15)30-22(17-7-9-18(28-5)10-8-17)21(29-16(2)26)23(27)25(19)13-12-24(3)4/h6-11,14,21-22H,12-13H2,1-5H3. The zero-order valence-corrected chi connectivity index (χ0v) is 18.9. The molecule has 0 fully saturated rings. The molecule has 0 radical (unpaired) electrons. The smallest absolute Gasteiger partial charge is 0.303 e. The van der Waals surface area contributed by atoms with Gasteiger partial charge in [0.2, 0.25) is 0 Å². The number of aryl methyl sites for hydroxylation is 1. The number of amides is 1. The van der Waals surface area contributed by atoms with Crippen LogP contribution in [0.1, 0.15) is 23.3 Å². The molecule has 0 saturated heterocycles. The number of benzene rings is 2. The maximum Gasteiger partial charge on any atom is 0.303 e. The summed E-state index contributed by atoms with van der Waals surface area (Å²) in [6.07, 6.45) is -0.921. The van der Waals surface area contributed by atoms with Crippen molar-refractivity contribution in [2.75, 3.05) is 39.2 Å². The molecule has 30 heavy (non-hydrogen) atoms. The van der Waals surface area contributed by atoms with E-state index in [0.717, 1.165) is 27.5 Å². The largest absolute Gasteiger partial charge is 0.497 e. The Balaban J connectivity index is 2.09. The fraction of sp³-hybridized carbons (Fsp3) is 0.391. The number of methoxy groups -OCH3 is 1. The van der Waals surface area contributed by atoms with Gasteiger partial charge in [0.15, 0.2) is 6.10 Å². The molecule has 0 aliphatic carbocycles. The van der Waals surface area contributed by atoms with Crippen LogP contribution in [-0.2, 0) is 14.3 Å². The molecule has 0 N–H and O–H groups in total. The lowest BCUT2D eigenvalue weighted by Crippen LogP contribution is -2.45. The number of carbonyl (C=O) groups excluding carboxylic acids is 2. The van der Waals surface area contributed by atoms with E-state index in [1.165, 1.54) is 6.92 Å². The van der Waals surface area contributed by atoms with Gasteiger partial charge in [0, 0.05) is 24.9 Å². The van der Waals surface area contributed by atoms with Gasteiger partial charge in [-0.15, -0.1) is 11.8 Å². The number of carbonyl (C=O) groups is 2. The summed E-state index contributed by atoms with van der Waals surface area (Å²) in [5.41, 5.74) is 2.87. The first kappa shape index (κ1) is 22.2. The lowest BCUT2D eigenvalue weighted by Gasteiger charge is -2.28. The lowest BCUT2D eigenvalue weighted by atomic mass is 10.1. The van der Waals surface area contributed by atoms with Crippen molar-refractivity contribution in [3.63, 3.8) is 0 Å². The Bertz CT molecular complexity index is 914.